The van der Waals surface area contributed by atoms with Gasteiger partial charge in [0.2, 0.25) is 5.91 Å². The van der Waals surface area contributed by atoms with Crippen LogP contribution in [-0.4, -0.2) is 28.8 Å². The van der Waals surface area contributed by atoms with E-state index < -0.39 is 0 Å². The minimum atomic E-state index is 0.0247. The highest BCUT2D eigenvalue weighted by Gasteiger charge is 2.62. The summed E-state index contributed by atoms with van der Waals surface area (Å²) in [6.45, 7) is 8.15. The van der Waals surface area contributed by atoms with Crippen LogP contribution in [0.15, 0.2) is 12.2 Å². The SMILES string of the molecule is CCn1nc(C)c(NC(=O)CNC[C@H]2C[C@H]3C=C[C@H]2C32CC2)c1C. The van der Waals surface area contributed by atoms with Gasteiger partial charge in [0.05, 0.1) is 23.6 Å². The summed E-state index contributed by atoms with van der Waals surface area (Å²) in [5.41, 5.74) is 3.41. The fourth-order valence-electron chi connectivity index (χ4n) is 5.10. The Morgan fingerprint density at radius 2 is 2.17 bits per heavy atom. The molecule has 2 N–H and O–H groups in total. The molecule has 0 radical (unpaired) electrons. The molecule has 0 aromatic carbocycles. The Kier molecular flexibility index (Phi) is 3.79. The van der Waals surface area contributed by atoms with Crippen LogP contribution in [-0.2, 0) is 11.3 Å². The topological polar surface area (TPSA) is 59.0 Å². The van der Waals surface area contributed by atoms with Crippen LogP contribution in [0.3, 0.4) is 0 Å². The first-order valence-corrected chi connectivity index (χ1v) is 9.28. The van der Waals surface area contributed by atoms with Crippen LogP contribution in [0.1, 0.15) is 37.6 Å². The number of nitrogens with zero attached hydrogens (tertiary/aromatic N) is 2. The first kappa shape index (κ1) is 15.9. The van der Waals surface area contributed by atoms with E-state index in [-0.39, 0.29) is 5.91 Å². The number of hydrogen-bond acceptors (Lipinski definition) is 3. The van der Waals surface area contributed by atoms with E-state index >= 15 is 0 Å². The molecule has 2 bridgehead atoms. The number of rotatable bonds is 6. The van der Waals surface area contributed by atoms with Crippen LogP contribution in [0.5, 0.6) is 0 Å². The average molecular weight is 328 g/mol. The average Bonchev–Trinajstić information content (AvgIpc) is 3.16. The highest BCUT2D eigenvalue weighted by molar-refractivity contribution is 5.93. The number of allylic oxidation sites excluding steroid dienone is 2. The van der Waals surface area contributed by atoms with Crippen molar-refractivity contribution < 1.29 is 4.79 Å². The molecule has 1 aromatic heterocycles. The van der Waals surface area contributed by atoms with Crippen molar-refractivity contribution in [2.75, 3.05) is 18.4 Å². The lowest BCUT2D eigenvalue weighted by Gasteiger charge is -2.20. The van der Waals surface area contributed by atoms with E-state index in [4.69, 9.17) is 0 Å². The molecule has 3 atom stereocenters. The van der Waals surface area contributed by atoms with Gasteiger partial charge < -0.3 is 10.6 Å². The largest absolute Gasteiger partial charge is 0.322 e. The van der Waals surface area contributed by atoms with Gasteiger partial charge in [0.25, 0.3) is 0 Å². The van der Waals surface area contributed by atoms with Gasteiger partial charge in [0.15, 0.2) is 0 Å². The van der Waals surface area contributed by atoms with Crippen molar-refractivity contribution in [2.45, 2.75) is 46.6 Å². The zero-order chi connectivity index (χ0) is 16.9. The Morgan fingerprint density at radius 3 is 2.79 bits per heavy atom. The molecular formula is C19H28N4O. The number of carbonyl (C=O) groups excluding carboxylic acids is 1. The molecule has 2 fully saturated rings. The third-order valence-corrected chi connectivity index (χ3v) is 6.48. The number of nitrogens with one attached hydrogen (secondary N) is 2. The molecule has 0 unspecified atom stereocenters. The van der Waals surface area contributed by atoms with E-state index in [1.807, 2.05) is 18.5 Å². The summed E-state index contributed by atoms with van der Waals surface area (Å²) in [6.07, 6.45) is 9.01. The molecule has 1 amide bonds. The van der Waals surface area contributed by atoms with E-state index in [1.165, 1.54) is 19.3 Å². The molecular weight excluding hydrogens is 300 g/mol. The fraction of sp³-hybridized carbons (Fsp3) is 0.684. The van der Waals surface area contributed by atoms with Crippen LogP contribution in [0, 0.1) is 37.0 Å². The van der Waals surface area contributed by atoms with Crippen LogP contribution in [0.4, 0.5) is 5.69 Å². The number of aromatic nitrogens is 2. The summed E-state index contributed by atoms with van der Waals surface area (Å²) in [7, 11) is 0. The molecule has 4 rings (SSSR count). The number of amides is 1. The van der Waals surface area contributed by atoms with E-state index in [2.05, 4.69) is 34.8 Å². The number of hydrogen-bond donors (Lipinski definition) is 2. The summed E-state index contributed by atoms with van der Waals surface area (Å²) < 4.78 is 1.93. The van der Waals surface area contributed by atoms with Crippen molar-refractivity contribution in [2.24, 2.45) is 23.2 Å². The number of carbonyl (C=O) groups is 1. The quantitative estimate of drug-likeness (QED) is 0.789. The third-order valence-electron chi connectivity index (χ3n) is 6.48. The van der Waals surface area contributed by atoms with E-state index in [9.17, 15) is 4.79 Å². The molecule has 1 spiro atoms. The first-order chi connectivity index (χ1) is 11.5. The highest BCUT2D eigenvalue weighted by atomic mass is 16.1. The molecule has 0 saturated heterocycles. The van der Waals surface area contributed by atoms with Crippen molar-refractivity contribution in [3.05, 3.63) is 23.5 Å². The van der Waals surface area contributed by atoms with Gasteiger partial charge in [-0.25, -0.2) is 0 Å². The Morgan fingerprint density at radius 1 is 1.38 bits per heavy atom. The second-order valence-corrected chi connectivity index (χ2v) is 7.79. The smallest absolute Gasteiger partial charge is 0.238 e. The van der Waals surface area contributed by atoms with Gasteiger partial charge in [0.1, 0.15) is 0 Å². The first-order valence-electron chi connectivity index (χ1n) is 9.28. The number of aryl methyl sites for hydroxylation is 2. The lowest BCUT2D eigenvalue weighted by molar-refractivity contribution is -0.115. The molecule has 24 heavy (non-hydrogen) atoms. The Hall–Kier alpha value is -1.62. The molecule has 1 aromatic rings. The minimum absolute atomic E-state index is 0.0247. The maximum Gasteiger partial charge on any atom is 0.238 e. The maximum absolute atomic E-state index is 12.3. The van der Waals surface area contributed by atoms with Crippen LogP contribution >= 0.6 is 0 Å². The lowest BCUT2D eigenvalue weighted by Crippen LogP contribution is -2.33. The Labute approximate surface area is 143 Å². The molecule has 2 saturated carbocycles. The summed E-state index contributed by atoms with van der Waals surface area (Å²) >= 11 is 0. The fourth-order valence-corrected chi connectivity index (χ4v) is 5.10. The van der Waals surface area contributed by atoms with Gasteiger partial charge in [-0.15, -0.1) is 0 Å². The highest BCUT2D eigenvalue weighted by Crippen LogP contribution is 2.69. The minimum Gasteiger partial charge on any atom is -0.322 e. The van der Waals surface area contributed by atoms with E-state index in [0.717, 1.165) is 42.0 Å². The monoisotopic (exact) mass is 328 g/mol. The van der Waals surface area contributed by atoms with Gasteiger partial charge in [-0.05, 0) is 69.7 Å². The normalized spacial score (nSPS) is 28.7. The summed E-state index contributed by atoms with van der Waals surface area (Å²) in [5, 5.41) is 10.9. The Balaban J connectivity index is 1.27. The Bertz CT molecular complexity index is 686. The predicted molar refractivity (Wildman–Crippen MR) is 94.8 cm³/mol. The second kappa shape index (κ2) is 5.73. The molecule has 3 aliphatic carbocycles. The number of anilines is 1. The molecule has 5 heteroatoms. The molecule has 1 heterocycles. The summed E-state index contributed by atoms with van der Waals surface area (Å²) in [4.78, 5) is 12.3. The van der Waals surface area contributed by atoms with Crippen molar-refractivity contribution in [3.8, 4) is 0 Å². The molecule has 130 valence electrons. The molecule has 0 aliphatic heterocycles. The van der Waals surface area contributed by atoms with Crippen LogP contribution < -0.4 is 10.6 Å². The summed E-state index contributed by atoms with van der Waals surface area (Å²) in [5.74, 6) is 2.30. The van der Waals surface area contributed by atoms with Crippen molar-refractivity contribution in [1.29, 1.82) is 0 Å². The van der Waals surface area contributed by atoms with Crippen molar-refractivity contribution in [1.82, 2.24) is 15.1 Å². The zero-order valence-corrected chi connectivity index (χ0v) is 14.9. The van der Waals surface area contributed by atoms with Crippen LogP contribution in [0.2, 0.25) is 0 Å². The van der Waals surface area contributed by atoms with Gasteiger partial charge in [0, 0.05) is 6.54 Å². The second-order valence-electron chi connectivity index (χ2n) is 7.79. The molecule has 5 nitrogen and oxygen atoms in total. The van der Waals surface area contributed by atoms with Crippen molar-refractivity contribution in [3.63, 3.8) is 0 Å². The van der Waals surface area contributed by atoms with Gasteiger partial charge in [-0.2, -0.15) is 5.10 Å². The van der Waals surface area contributed by atoms with Crippen molar-refractivity contribution >= 4 is 11.6 Å². The predicted octanol–water partition coefficient (Wildman–Crippen LogP) is 2.65. The maximum atomic E-state index is 12.3. The van der Waals surface area contributed by atoms with Gasteiger partial charge in [-0.1, -0.05) is 12.2 Å². The zero-order valence-electron chi connectivity index (χ0n) is 14.9. The van der Waals surface area contributed by atoms with E-state index in [1.54, 1.807) is 0 Å². The third kappa shape index (κ3) is 2.41. The van der Waals surface area contributed by atoms with Gasteiger partial charge >= 0.3 is 0 Å². The van der Waals surface area contributed by atoms with E-state index in [0.29, 0.717) is 17.9 Å². The molecule has 3 aliphatic rings. The standard InChI is InChI=1S/C19H28N4O/c1-4-23-13(3)18(12(2)22-23)21-17(24)11-20-10-14-9-15-5-6-16(14)19(15)7-8-19/h5-6,14-16,20H,4,7-11H2,1-3H3,(H,21,24)/t14-,15-,16-/m1/s1. The van der Waals surface area contributed by atoms with Crippen LogP contribution in [0.25, 0.3) is 0 Å². The summed E-state index contributed by atoms with van der Waals surface area (Å²) in [6, 6.07) is 0. The van der Waals surface area contributed by atoms with Gasteiger partial charge in [-0.3, -0.25) is 9.48 Å². The lowest BCUT2D eigenvalue weighted by atomic mass is 9.89.